The molecule has 0 unspecified atom stereocenters. The molecular formula is C18H24N4O2. The van der Waals surface area contributed by atoms with Gasteiger partial charge in [-0.15, -0.1) is 0 Å². The Kier molecular flexibility index (Phi) is 4.19. The van der Waals surface area contributed by atoms with Gasteiger partial charge < -0.3 is 14.4 Å². The molecular weight excluding hydrogens is 304 g/mol. The van der Waals surface area contributed by atoms with Crippen LogP contribution < -0.4 is 0 Å². The van der Waals surface area contributed by atoms with Gasteiger partial charge in [0, 0.05) is 36.8 Å². The van der Waals surface area contributed by atoms with Crippen molar-refractivity contribution in [3.05, 3.63) is 36.3 Å². The number of hydrogen-bond donors (Lipinski definition) is 1. The molecule has 2 heterocycles. The molecule has 0 fully saturated rings. The van der Waals surface area contributed by atoms with Crippen molar-refractivity contribution >= 4 is 10.9 Å². The predicted molar refractivity (Wildman–Crippen MR) is 93.7 cm³/mol. The first-order chi connectivity index (χ1) is 11.3. The van der Waals surface area contributed by atoms with Gasteiger partial charge in [0.1, 0.15) is 6.10 Å². The normalized spacial score (nSPS) is 13.6. The van der Waals surface area contributed by atoms with Crippen molar-refractivity contribution in [2.45, 2.75) is 39.0 Å². The number of hydrogen-bond acceptors (Lipinski definition) is 4. The van der Waals surface area contributed by atoms with Crippen LogP contribution >= 0.6 is 0 Å². The van der Waals surface area contributed by atoms with E-state index in [-0.39, 0.29) is 6.10 Å². The summed E-state index contributed by atoms with van der Waals surface area (Å²) >= 11 is 0. The molecule has 1 N–H and O–H groups in total. The zero-order valence-corrected chi connectivity index (χ0v) is 14.8. The van der Waals surface area contributed by atoms with E-state index in [0.29, 0.717) is 18.2 Å². The first-order valence-corrected chi connectivity index (χ1v) is 8.04. The van der Waals surface area contributed by atoms with E-state index in [9.17, 15) is 5.11 Å². The molecule has 6 heteroatoms. The van der Waals surface area contributed by atoms with Gasteiger partial charge in [0.05, 0.1) is 12.1 Å². The first kappa shape index (κ1) is 16.7. The van der Waals surface area contributed by atoms with Crippen LogP contribution in [0.3, 0.4) is 0 Å². The van der Waals surface area contributed by atoms with Gasteiger partial charge in [-0.2, -0.15) is 5.10 Å². The third kappa shape index (κ3) is 3.07. The Morgan fingerprint density at radius 1 is 1.29 bits per heavy atom. The van der Waals surface area contributed by atoms with Crippen LogP contribution in [0.4, 0.5) is 0 Å². The molecule has 0 aliphatic carbocycles. The Morgan fingerprint density at radius 3 is 2.71 bits per heavy atom. The van der Waals surface area contributed by atoms with Crippen LogP contribution in [0.25, 0.3) is 22.3 Å². The molecule has 128 valence electrons. The largest absolute Gasteiger partial charge is 0.389 e. The Labute approximate surface area is 141 Å². The van der Waals surface area contributed by atoms with E-state index in [4.69, 9.17) is 9.72 Å². The van der Waals surface area contributed by atoms with Gasteiger partial charge in [-0.3, -0.25) is 0 Å². The van der Waals surface area contributed by atoms with Crippen LogP contribution in [0.2, 0.25) is 0 Å². The maximum absolute atomic E-state index is 10.2. The number of aliphatic hydroxyl groups is 1. The van der Waals surface area contributed by atoms with Crippen molar-refractivity contribution < 1.29 is 9.84 Å². The molecule has 0 aliphatic heterocycles. The maximum Gasteiger partial charge on any atom is 0.182 e. The Bertz CT molecular complexity index is 858. The summed E-state index contributed by atoms with van der Waals surface area (Å²) in [4.78, 5) is 4.70. The fourth-order valence-corrected chi connectivity index (χ4v) is 2.85. The topological polar surface area (TPSA) is 65.1 Å². The summed E-state index contributed by atoms with van der Waals surface area (Å²) in [5.74, 6) is 1.36. The Morgan fingerprint density at radius 2 is 2.04 bits per heavy atom. The Balaban J connectivity index is 2.14. The second kappa shape index (κ2) is 6.03. The highest BCUT2D eigenvalue weighted by molar-refractivity contribution is 5.93. The minimum absolute atomic E-state index is 0.205. The van der Waals surface area contributed by atoms with Crippen molar-refractivity contribution in [2.24, 2.45) is 7.05 Å². The molecule has 0 radical (unpaired) electrons. The molecule has 0 bridgehead atoms. The number of methoxy groups -OCH3 is 1. The number of fused-ring (bicyclic) bond motifs is 1. The average Bonchev–Trinajstić information content (AvgIpc) is 3.09. The van der Waals surface area contributed by atoms with Gasteiger partial charge in [-0.25, -0.2) is 9.67 Å². The summed E-state index contributed by atoms with van der Waals surface area (Å²) < 4.78 is 9.24. The number of nitrogens with zero attached hydrogens (tertiary/aromatic N) is 4. The van der Waals surface area contributed by atoms with Crippen molar-refractivity contribution in [1.29, 1.82) is 0 Å². The van der Waals surface area contributed by atoms with Crippen molar-refractivity contribution in [3.8, 4) is 11.4 Å². The highest BCUT2D eigenvalue weighted by atomic mass is 16.5. The molecule has 1 atom stereocenters. The lowest BCUT2D eigenvalue weighted by Crippen LogP contribution is -2.28. The van der Waals surface area contributed by atoms with E-state index in [2.05, 4.69) is 21.8 Å². The van der Waals surface area contributed by atoms with Gasteiger partial charge >= 0.3 is 0 Å². The van der Waals surface area contributed by atoms with Crippen LogP contribution in [-0.2, 0) is 18.3 Å². The lowest BCUT2D eigenvalue weighted by molar-refractivity contribution is 0.0498. The maximum atomic E-state index is 10.2. The summed E-state index contributed by atoms with van der Waals surface area (Å²) in [5.41, 5.74) is 1.23. The summed E-state index contributed by atoms with van der Waals surface area (Å²) in [5, 5.41) is 15.9. The van der Waals surface area contributed by atoms with Crippen molar-refractivity contribution in [1.82, 2.24) is 19.3 Å². The van der Waals surface area contributed by atoms with Gasteiger partial charge in [-0.05, 0) is 32.9 Å². The fourth-order valence-electron chi connectivity index (χ4n) is 2.85. The second-order valence-electron chi connectivity index (χ2n) is 6.81. The zero-order chi connectivity index (χ0) is 17.5. The number of aromatic nitrogens is 4. The summed E-state index contributed by atoms with van der Waals surface area (Å²) in [6, 6.07) is 8.17. The molecule has 0 amide bonds. The monoisotopic (exact) mass is 328 g/mol. The van der Waals surface area contributed by atoms with Crippen LogP contribution in [-0.4, -0.2) is 37.1 Å². The zero-order valence-electron chi connectivity index (χ0n) is 14.8. The van der Waals surface area contributed by atoms with E-state index in [0.717, 1.165) is 16.5 Å². The van der Waals surface area contributed by atoms with Gasteiger partial charge in [0.15, 0.2) is 11.6 Å². The molecule has 0 spiro atoms. The van der Waals surface area contributed by atoms with Crippen molar-refractivity contribution in [3.63, 3.8) is 0 Å². The smallest absolute Gasteiger partial charge is 0.182 e. The SMILES string of the molecule is CO[C@@H](C)c1nc(-c2cccc3c2ccn3C)nn1CC(C)(C)O. The molecule has 6 nitrogen and oxygen atoms in total. The minimum Gasteiger partial charge on any atom is -0.389 e. The van der Waals surface area contributed by atoms with E-state index in [1.54, 1.807) is 25.6 Å². The molecule has 24 heavy (non-hydrogen) atoms. The summed E-state index contributed by atoms with van der Waals surface area (Å²) in [7, 11) is 3.66. The molecule has 1 aromatic carbocycles. The van der Waals surface area contributed by atoms with Crippen LogP contribution in [0.5, 0.6) is 0 Å². The third-order valence-corrected chi connectivity index (χ3v) is 4.12. The third-order valence-electron chi connectivity index (χ3n) is 4.12. The average molecular weight is 328 g/mol. The summed E-state index contributed by atoms with van der Waals surface area (Å²) in [6.45, 7) is 5.80. The fraction of sp³-hybridized carbons (Fsp3) is 0.444. The van der Waals surface area contributed by atoms with Gasteiger partial charge in [-0.1, -0.05) is 12.1 Å². The van der Waals surface area contributed by atoms with E-state index >= 15 is 0 Å². The number of rotatable bonds is 5. The van der Waals surface area contributed by atoms with Gasteiger partial charge in [0.25, 0.3) is 0 Å². The molecule has 0 aliphatic rings. The summed E-state index contributed by atoms with van der Waals surface area (Å²) in [6.07, 6.45) is 1.82. The number of aryl methyl sites for hydroxylation is 1. The van der Waals surface area contributed by atoms with E-state index < -0.39 is 5.60 Å². The standard InChI is InChI=1S/C18H24N4O2/c1-12(24-5)17-19-16(20-22(17)11-18(2,3)23)14-7-6-8-15-13(14)9-10-21(15)4/h6-10,12,23H,11H2,1-5H3/t12-/m0/s1. The molecule has 2 aromatic heterocycles. The predicted octanol–water partition coefficient (Wildman–Crippen LogP) is 2.92. The first-order valence-electron chi connectivity index (χ1n) is 8.04. The van der Waals surface area contributed by atoms with E-state index in [1.165, 1.54) is 0 Å². The molecule has 3 rings (SSSR count). The van der Waals surface area contributed by atoms with Crippen LogP contribution in [0, 0.1) is 0 Å². The van der Waals surface area contributed by atoms with Crippen molar-refractivity contribution in [2.75, 3.05) is 7.11 Å². The number of ether oxygens (including phenoxy) is 1. The quantitative estimate of drug-likeness (QED) is 0.782. The van der Waals surface area contributed by atoms with Crippen LogP contribution in [0.15, 0.2) is 30.5 Å². The Hall–Kier alpha value is -2.18. The molecule has 3 aromatic rings. The highest BCUT2D eigenvalue weighted by Crippen LogP contribution is 2.28. The molecule has 0 saturated heterocycles. The lowest BCUT2D eigenvalue weighted by Gasteiger charge is -2.19. The van der Waals surface area contributed by atoms with Crippen LogP contribution in [0.1, 0.15) is 32.7 Å². The number of benzene rings is 1. The van der Waals surface area contributed by atoms with Gasteiger partial charge in [0.2, 0.25) is 0 Å². The lowest BCUT2D eigenvalue weighted by atomic mass is 10.1. The highest BCUT2D eigenvalue weighted by Gasteiger charge is 2.23. The van der Waals surface area contributed by atoms with E-state index in [1.807, 2.05) is 32.3 Å². The minimum atomic E-state index is -0.883. The second-order valence-corrected chi connectivity index (χ2v) is 6.81. The molecule has 0 saturated carbocycles.